The van der Waals surface area contributed by atoms with Crippen molar-refractivity contribution < 1.29 is 13.2 Å². The third-order valence-corrected chi connectivity index (χ3v) is 2.19. The van der Waals surface area contributed by atoms with E-state index >= 15 is 0 Å². The van der Waals surface area contributed by atoms with Gasteiger partial charge in [0.25, 0.3) is 0 Å². The maximum absolute atomic E-state index is 12.4. The van der Waals surface area contributed by atoms with E-state index in [1.807, 2.05) is 0 Å². The van der Waals surface area contributed by atoms with Crippen LogP contribution in [0.25, 0.3) is 0 Å². The number of aliphatic imine (C=N–C) groups is 1. The molecule has 0 aliphatic heterocycles. The summed E-state index contributed by atoms with van der Waals surface area (Å²) >= 11 is 0. The molecule has 0 aliphatic rings. The predicted octanol–water partition coefficient (Wildman–Crippen LogP) is 3.11. The number of halogens is 3. The van der Waals surface area contributed by atoms with E-state index in [0.717, 1.165) is 12.1 Å². The van der Waals surface area contributed by atoms with E-state index in [0.29, 0.717) is 11.3 Å². The standard InChI is InChI=1S/C11H13F3N2/c1-8-6-9(11(12,13)14)4-5-10(8)16(3)7-15-2/h4-7H,1-3H3. The molecular weight excluding hydrogens is 217 g/mol. The summed E-state index contributed by atoms with van der Waals surface area (Å²) in [6.07, 6.45) is -2.74. The van der Waals surface area contributed by atoms with E-state index in [2.05, 4.69) is 4.99 Å². The van der Waals surface area contributed by atoms with Gasteiger partial charge in [0.2, 0.25) is 0 Å². The molecule has 0 saturated heterocycles. The molecule has 0 fully saturated rings. The highest BCUT2D eigenvalue weighted by Crippen LogP contribution is 2.32. The molecule has 1 rings (SSSR count). The first-order chi connectivity index (χ1) is 7.36. The molecule has 0 spiro atoms. The number of aryl methyl sites for hydroxylation is 1. The summed E-state index contributed by atoms with van der Waals surface area (Å²) in [4.78, 5) is 5.48. The maximum Gasteiger partial charge on any atom is 0.416 e. The van der Waals surface area contributed by atoms with Crippen molar-refractivity contribution in [1.82, 2.24) is 0 Å². The lowest BCUT2D eigenvalue weighted by molar-refractivity contribution is -0.137. The second-order valence-corrected chi connectivity index (χ2v) is 3.48. The van der Waals surface area contributed by atoms with Gasteiger partial charge in [-0.1, -0.05) is 0 Å². The predicted molar refractivity (Wildman–Crippen MR) is 59.0 cm³/mol. The molecule has 0 bridgehead atoms. The first-order valence-electron chi connectivity index (χ1n) is 4.69. The van der Waals surface area contributed by atoms with E-state index in [1.165, 1.54) is 6.07 Å². The van der Waals surface area contributed by atoms with Crippen molar-refractivity contribution in [2.75, 3.05) is 19.0 Å². The third-order valence-electron chi connectivity index (χ3n) is 2.19. The highest BCUT2D eigenvalue weighted by molar-refractivity contribution is 5.79. The summed E-state index contributed by atoms with van der Waals surface area (Å²) in [5.41, 5.74) is 0.645. The number of benzene rings is 1. The quantitative estimate of drug-likeness (QED) is 0.563. The molecule has 0 saturated carbocycles. The summed E-state index contributed by atoms with van der Waals surface area (Å²) in [7, 11) is 3.35. The number of hydrogen-bond acceptors (Lipinski definition) is 1. The molecule has 5 heteroatoms. The van der Waals surface area contributed by atoms with Crippen LogP contribution in [0.5, 0.6) is 0 Å². The first kappa shape index (κ1) is 12.5. The number of hydrogen-bond donors (Lipinski definition) is 0. The van der Waals surface area contributed by atoms with Crippen molar-refractivity contribution in [3.05, 3.63) is 29.3 Å². The van der Waals surface area contributed by atoms with Gasteiger partial charge >= 0.3 is 6.18 Å². The van der Waals surface area contributed by atoms with Crippen molar-refractivity contribution in [3.63, 3.8) is 0 Å². The summed E-state index contributed by atoms with van der Waals surface area (Å²) in [5.74, 6) is 0. The lowest BCUT2D eigenvalue weighted by atomic mass is 10.1. The number of alkyl halides is 3. The van der Waals surface area contributed by atoms with Crippen LogP contribution in [-0.2, 0) is 6.18 Å². The van der Waals surface area contributed by atoms with Crippen LogP contribution in [0.15, 0.2) is 23.2 Å². The fourth-order valence-corrected chi connectivity index (χ4v) is 1.46. The second-order valence-electron chi connectivity index (χ2n) is 3.48. The zero-order valence-electron chi connectivity index (χ0n) is 9.34. The Kier molecular flexibility index (Phi) is 3.57. The lowest BCUT2D eigenvalue weighted by Crippen LogP contribution is -2.16. The average Bonchev–Trinajstić information content (AvgIpc) is 2.16. The van der Waals surface area contributed by atoms with Crippen molar-refractivity contribution in [3.8, 4) is 0 Å². The van der Waals surface area contributed by atoms with E-state index in [4.69, 9.17) is 0 Å². The number of nitrogens with zero attached hydrogens (tertiary/aromatic N) is 2. The largest absolute Gasteiger partial charge is 0.416 e. The van der Waals surface area contributed by atoms with Crippen LogP contribution in [0.2, 0.25) is 0 Å². The van der Waals surface area contributed by atoms with Crippen molar-refractivity contribution in [1.29, 1.82) is 0 Å². The van der Waals surface area contributed by atoms with Gasteiger partial charge in [-0.2, -0.15) is 13.2 Å². The molecular formula is C11H13F3N2. The van der Waals surface area contributed by atoms with Crippen LogP contribution in [0.3, 0.4) is 0 Å². The van der Waals surface area contributed by atoms with Gasteiger partial charge in [-0.25, -0.2) is 0 Å². The van der Waals surface area contributed by atoms with Crippen molar-refractivity contribution >= 4 is 12.0 Å². The molecule has 1 aromatic carbocycles. The van der Waals surface area contributed by atoms with E-state index in [9.17, 15) is 13.2 Å². The van der Waals surface area contributed by atoms with E-state index < -0.39 is 11.7 Å². The Morgan fingerprint density at radius 3 is 2.38 bits per heavy atom. The van der Waals surface area contributed by atoms with Crippen LogP contribution in [-0.4, -0.2) is 20.4 Å². The SMILES string of the molecule is CN=CN(C)c1ccc(C(F)(F)F)cc1C. The van der Waals surface area contributed by atoms with Gasteiger partial charge in [-0.3, -0.25) is 4.99 Å². The van der Waals surface area contributed by atoms with Crippen LogP contribution in [0.4, 0.5) is 18.9 Å². The van der Waals surface area contributed by atoms with Gasteiger partial charge in [0.15, 0.2) is 0 Å². The molecule has 0 N–H and O–H groups in total. The van der Waals surface area contributed by atoms with Gasteiger partial charge in [0.1, 0.15) is 0 Å². The van der Waals surface area contributed by atoms with Crippen LogP contribution < -0.4 is 4.90 Å². The molecule has 0 aromatic heterocycles. The zero-order chi connectivity index (χ0) is 12.3. The molecule has 0 radical (unpaired) electrons. The topological polar surface area (TPSA) is 15.6 Å². The van der Waals surface area contributed by atoms with Gasteiger partial charge in [0, 0.05) is 19.8 Å². The molecule has 0 amide bonds. The Hall–Kier alpha value is -1.52. The van der Waals surface area contributed by atoms with Crippen molar-refractivity contribution in [2.45, 2.75) is 13.1 Å². The smallest absolute Gasteiger partial charge is 0.336 e. The molecule has 0 aliphatic carbocycles. The summed E-state index contributed by atoms with van der Waals surface area (Å²) in [5, 5.41) is 0. The monoisotopic (exact) mass is 230 g/mol. The van der Waals surface area contributed by atoms with Crippen LogP contribution >= 0.6 is 0 Å². The van der Waals surface area contributed by atoms with Gasteiger partial charge < -0.3 is 4.90 Å². The Balaban J connectivity index is 3.10. The minimum Gasteiger partial charge on any atom is -0.336 e. The Morgan fingerprint density at radius 1 is 1.31 bits per heavy atom. The Morgan fingerprint density at radius 2 is 1.94 bits per heavy atom. The molecule has 0 atom stereocenters. The lowest BCUT2D eigenvalue weighted by Gasteiger charge is -2.17. The molecule has 2 nitrogen and oxygen atoms in total. The highest BCUT2D eigenvalue weighted by Gasteiger charge is 2.30. The average molecular weight is 230 g/mol. The van der Waals surface area contributed by atoms with Gasteiger partial charge in [0.05, 0.1) is 11.9 Å². The van der Waals surface area contributed by atoms with E-state index in [-0.39, 0.29) is 0 Å². The van der Waals surface area contributed by atoms with Crippen LogP contribution in [0.1, 0.15) is 11.1 Å². The van der Waals surface area contributed by atoms with Gasteiger partial charge in [-0.15, -0.1) is 0 Å². The second kappa shape index (κ2) is 4.55. The molecule has 88 valence electrons. The summed E-state index contributed by atoms with van der Waals surface area (Å²) in [6.45, 7) is 1.64. The van der Waals surface area contributed by atoms with Crippen LogP contribution in [0, 0.1) is 6.92 Å². The molecule has 0 heterocycles. The van der Waals surface area contributed by atoms with Gasteiger partial charge in [-0.05, 0) is 30.7 Å². The maximum atomic E-state index is 12.4. The normalized spacial score (nSPS) is 12.1. The van der Waals surface area contributed by atoms with E-state index in [1.54, 1.807) is 32.3 Å². The van der Waals surface area contributed by atoms with Crippen molar-refractivity contribution in [2.24, 2.45) is 4.99 Å². The summed E-state index contributed by atoms with van der Waals surface area (Å²) < 4.78 is 37.2. The summed E-state index contributed by atoms with van der Waals surface area (Å²) in [6, 6.07) is 3.65. The Labute approximate surface area is 92.4 Å². The third kappa shape index (κ3) is 2.74. The number of rotatable bonds is 2. The molecule has 0 unspecified atom stereocenters. The minimum atomic E-state index is -4.29. The fourth-order valence-electron chi connectivity index (χ4n) is 1.46. The molecule has 16 heavy (non-hydrogen) atoms. The highest BCUT2D eigenvalue weighted by atomic mass is 19.4. The Bertz CT molecular complexity index is 397. The number of anilines is 1. The minimum absolute atomic E-state index is 0.567. The molecule has 1 aromatic rings. The fraction of sp³-hybridized carbons (Fsp3) is 0.364. The first-order valence-corrected chi connectivity index (χ1v) is 4.69. The zero-order valence-corrected chi connectivity index (χ0v) is 9.34.